The average Bonchev–Trinajstić information content (AvgIpc) is 3.41. The van der Waals surface area contributed by atoms with Crippen molar-refractivity contribution in [1.29, 1.82) is 0 Å². The zero-order valence-electron chi connectivity index (χ0n) is 14.5. The SMILES string of the molecule is OC[C@]12COCN1[C@H](c1ccc([C@@H]3OC[C@@]4(CO)COCN34)cc1)OC2. The minimum atomic E-state index is -0.425. The molecule has 4 fully saturated rings. The van der Waals surface area contributed by atoms with E-state index in [0.717, 1.165) is 11.1 Å². The van der Waals surface area contributed by atoms with Crippen molar-refractivity contribution in [2.75, 3.05) is 53.1 Å². The van der Waals surface area contributed by atoms with E-state index < -0.39 is 11.1 Å². The van der Waals surface area contributed by atoms with Crippen molar-refractivity contribution < 1.29 is 29.2 Å². The Morgan fingerprint density at radius 3 is 1.58 bits per heavy atom. The molecule has 26 heavy (non-hydrogen) atoms. The van der Waals surface area contributed by atoms with Crippen molar-refractivity contribution in [3.05, 3.63) is 35.4 Å². The monoisotopic (exact) mass is 364 g/mol. The summed E-state index contributed by atoms with van der Waals surface area (Å²) in [4.78, 5) is 4.17. The van der Waals surface area contributed by atoms with Gasteiger partial charge >= 0.3 is 0 Å². The molecule has 8 nitrogen and oxygen atoms in total. The summed E-state index contributed by atoms with van der Waals surface area (Å²) in [6, 6.07) is 8.13. The third-order valence-corrected chi connectivity index (χ3v) is 6.10. The topological polar surface area (TPSA) is 83.9 Å². The van der Waals surface area contributed by atoms with E-state index in [9.17, 15) is 10.2 Å². The standard InChI is InChI=1S/C18H24N2O6/c21-5-17-7-23-11-19(17)15(25-9-17)13-1-2-14(4-3-13)16-20-12-24-8-18(20,6-22)10-26-16/h1-4,15-16,21-22H,5-12H2/t15-,16-,17+,18+/m0/s1. The number of fused-ring (bicyclic) bond motifs is 2. The van der Waals surface area contributed by atoms with Crippen LogP contribution in [0.4, 0.5) is 0 Å². The van der Waals surface area contributed by atoms with Gasteiger partial charge in [-0.1, -0.05) is 24.3 Å². The molecule has 4 atom stereocenters. The molecule has 0 spiro atoms. The summed E-state index contributed by atoms with van der Waals surface area (Å²) in [5.41, 5.74) is 1.20. The van der Waals surface area contributed by atoms with Crippen molar-refractivity contribution in [3.8, 4) is 0 Å². The molecular formula is C18H24N2O6. The van der Waals surface area contributed by atoms with Crippen molar-refractivity contribution in [2.24, 2.45) is 0 Å². The maximum atomic E-state index is 9.76. The van der Waals surface area contributed by atoms with Crippen LogP contribution in [0.2, 0.25) is 0 Å². The van der Waals surface area contributed by atoms with Crippen LogP contribution in [0.3, 0.4) is 0 Å². The number of hydrogen-bond acceptors (Lipinski definition) is 8. The second-order valence-corrected chi connectivity index (χ2v) is 7.65. The van der Waals surface area contributed by atoms with Crippen LogP contribution in [0.1, 0.15) is 23.6 Å². The Bertz CT molecular complexity index is 615. The van der Waals surface area contributed by atoms with E-state index in [1.807, 2.05) is 24.3 Å². The van der Waals surface area contributed by atoms with Crippen LogP contribution in [0, 0.1) is 0 Å². The van der Waals surface area contributed by atoms with E-state index in [-0.39, 0.29) is 25.7 Å². The van der Waals surface area contributed by atoms with Gasteiger partial charge in [0.05, 0.1) is 50.7 Å². The van der Waals surface area contributed by atoms with Crippen molar-refractivity contribution in [2.45, 2.75) is 23.5 Å². The lowest BCUT2D eigenvalue weighted by molar-refractivity contribution is -0.00920. The van der Waals surface area contributed by atoms with E-state index in [4.69, 9.17) is 18.9 Å². The van der Waals surface area contributed by atoms with Gasteiger partial charge in [-0.25, -0.2) is 9.80 Å². The smallest absolute Gasteiger partial charge is 0.139 e. The minimum Gasteiger partial charge on any atom is -0.394 e. The van der Waals surface area contributed by atoms with Crippen LogP contribution in [0.25, 0.3) is 0 Å². The molecule has 1 aromatic rings. The Balaban J connectivity index is 1.36. The van der Waals surface area contributed by atoms with Crippen LogP contribution in [0.15, 0.2) is 24.3 Å². The van der Waals surface area contributed by atoms with Crippen LogP contribution in [-0.4, -0.2) is 84.2 Å². The quantitative estimate of drug-likeness (QED) is 0.759. The zero-order chi connectivity index (χ0) is 17.8. The maximum absolute atomic E-state index is 9.76. The second-order valence-electron chi connectivity index (χ2n) is 7.65. The normalized spacial score (nSPS) is 40.2. The van der Waals surface area contributed by atoms with Gasteiger partial charge in [-0.2, -0.15) is 0 Å². The molecule has 4 saturated heterocycles. The molecule has 1 aromatic carbocycles. The highest BCUT2D eigenvalue weighted by atomic mass is 16.6. The largest absolute Gasteiger partial charge is 0.394 e. The molecule has 0 saturated carbocycles. The summed E-state index contributed by atoms with van der Waals surface area (Å²) in [5, 5.41) is 19.5. The Hall–Kier alpha value is -1.10. The Kier molecular flexibility index (Phi) is 4.07. The highest BCUT2D eigenvalue weighted by molar-refractivity contribution is 5.28. The number of ether oxygens (including phenoxy) is 4. The third-order valence-electron chi connectivity index (χ3n) is 6.10. The van der Waals surface area contributed by atoms with Gasteiger partial charge < -0.3 is 29.2 Å². The summed E-state index contributed by atoms with van der Waals surface area (Å²) in [6.07, 6.45) is -0.426. The van der Waals surface area contributed by atoms with Crippen molar-refractivity contribution >= 4 is 0 Å². The zero-order valence-corrected chi connectivity index (χ0v) is 14.5. The molecule has 0 aliphatic carbocycles. The molecule has 5 rings (SSSR count). The molecule has 4 aliphatic heterocycles. The molecule has 4 heterocycles. The fraction of sp³-hybridized carbons (Fsp3) is 0.667. The lowest BCUT2D eigenvalue weighted by Gasteiger charge is -2.29. The first-order valence-electron chi connectivity index (χ1n) is 8.95. The third kappa shape index (κ3) is 2.31. The first-order valence-corrected chi connectivity index (χ1v) is 8.95. The summed E-state index contributed by atoms with van der Waals surface area (Å²) in [6.45, 7) is 2.88. The number of aliphatic hydroxyl groups is 2. The number of hydrogen-bond donors (Lipinski definition) is 2. The van der Waals surface area contributed by atoms with E-state index in [1.54, 1.807) is 0 Å². The van der Waals surface area contributed by atoms with Gasteiger partial charge in [0.2, 0.25) is 0 Å². The van der Waals surface area contributed by atoms with Crippen LogP contribution in [-0.2, 0) is 18.9 Å². The number of aliphatic hydroxyl groups excluding tert-OH is 2. The van der Waals surface area contributed by atoms with E-state index >= 15 is 0 Å². The van der Waals surface area contributed by atoms with Gasteiger partial charge in [-0.3, -0.25) is 0 Å². The van der Waals surface area contributed by atoms with Gasteiger partial charge in [-0.05, 0) is 11.1 Å². The van der Waals surface area contributed by atoms with E-state index in [0.29, 0.717) is 39.9 Å². The van der Waals surface area contributed by atoms with Gasteiger partial charge in [0.1, 0.15) is 25.9 Å². The molecule has 8 heteroatoms. The molecule has 0 radical (unpaired) electrons. The molecule has 4 aliphatic rings. The summed E-state index contributed by atoms with van der Waals surface area (Å²) >= 11 is 0. The Morgan fingerprint density at radius 2 is 1.19 bits per heavy atom. The molecule has 0 aromatic heterocycles. The molecule has 0 unspecified atom stereocenters. The predicted molar refractivity (Wildman–Crippen MR) is 88.8 cm³/mol. The van der Waals surface area contributed by atoms with Gasteiger partial charge in [0.25, 0.3) is 0 Å². The van der Waals surface area contributed by atoms with E-state index in [1.165, 1.54) is 0 Å². The average molecular weight is 364 g/mol. The fourth-order valence-corrected chi connectivity index (χ4v) is 4.38. The molecule has 142 valence electrons. The van der Waals surface area contributed by atoms with Crippen LogP contribution >= 0.6 is 0 Å². The molecular weight excluding hydrogens is 340 g/mol. The molecule has 2 N–H and O–H groups in total. The van der Waals surface area contributed by atoms with E-state index in [2.05, 4.69) is 9.80 Å². The van der Waals surface area contributed by atoms with Crippen molar-refractivity contribution in [3.63, 3.8) is 0 Å². The van der Waals surface area contributed by atoms with Gasteiger partial charge in [0.15, 0.2) is 0 Å². The summed E-state index contributed by atoms with van der Waals surface area (Å²) in [5.74, 6) is 0. The maximum Gasteiger partial charge on any atom is 0.139 e. The first-order chi connectivity index (χ1) is 12.7. The van der Waals surface area contributed by atoms with Crippen molar-refractivity contribution in [1.82, 2.24) is 9.80 Å². The highest BCUT2D eigenvalue weighted by Gasteiger charge is 2.53. The summed E-state index contributed by atoms with van der Waals surface area (Å²) < 4.78 is 23.0. The number of benzene rings is 1. The lowest BCUT2D eigenvalue weighted by Crippen LogP contribution is -2.47. The summed E-state index contributed by atoms with van der Waals surface area (Å²) in [7, 11) is 0. The van der Waals surface area contributed by atoms with Gasteiger partial charge in [0, 0.05) is 0 Å². The second kappa shape index (κ2) is 6.22. The number of nitrogens with zero attached hydrogens (tertiary/aromatic N) is 2. The lowest BCUT2D eigenvalue weighted by atomic mass is 10.0. The number of rotatable bonds is 4. The molecule has 0 amide bonds. The minimum absolute atomic E-state index is 0.0235. The fourth-order valence-electron chi connectivity index (χ4n) is 4.38. The van der Waals surface area contributed by atoms with Gasteiger partial charge in [-0.15, -0.1) is 0 Å². The van der Waals surface area contributed by atoms with Crippen LogP contribution < -0.4 is 0 Å². The Morgan fingerprint density at radius 1 is 0.769 bits per heavy atom. The van der Waals surface area contributed by atoms with Crippen LogP contribution in [0.5, 0.6) is 0 Å². The highest BCUT2D eigenvalue weighted by Crippen LogP contribution is 2.42. The first kappa shape index (κ1) is 17.0. The Labute approximate surface area is 151 Å². The molecule has 0 bridgehead atoms. The predicted octanol–water partition coefficient (Wildman–Crippen LogP) is -0.214.